The van der Waals surface area contributed by atoms with Gasteiger partial charge in [-0.15, -0.1) is 0 Å². The number of carboxylic acids is 1. The van der Waals surface area contributed by atoms with Gasteiger partial charge in [0.25, 0.3) is 0 Å². The maximum atomic E-state index is 12.6. The maximum Gasteiger partial charge on any atom is 0.326 e. The highest BCUT2D eigenvalue weighted by Gasteiger charge is 2.39. The zero-order valence-corrected chi connectivity index (χ0v) is 11.5. The number of morpholine rings is 1. The minimum atomic E-state index is -0.903. The van der Waals surface area contributed by atoms with E-state index >= 15 is 0 Å². The van der Waals surface area contributed by atoms with Crippen LogP contribution < -0.4 is 0 Å². The van der Waals surface area contributed by atoms with Gasteiger partial charge in [0.05, 0.1) is 18.8 Å². The average molecular weight is 270 g/mol. The minimum Gasteiger partial charge on any atom is -0.480 e. The Hall–Kier alpha value is -1.30. The number of ether oxygens (including phenoxy) is 1. The Morgan fingerprint density at radius 1 is 1.37 bits per heavy atom. The van der Waals surface area contributed by atoms with Gasteiger partial charge in [0, 0.05) is 13.1 Å². The van der Waals surface area contributed by atoms with Crippen molar-refractivity contribution in [1.82, 2.24) is 9.80 Å². The molecule has 0 aliphatic carbocycles. The smallest absolute Gasteiger partial charge is 0.326 e. The molecular formula is C13H22N2O4. The van der Waals surface area contributed by atoms with Crippen LogP contribution in [-0.4, -0.2) is 64.8 Å². The molecule has 2 saturated heterocycles. The second-order valence-corrected chi connectivity index (χ2v) is 5.33. The number of rotatable bonds is 2. The molecule has 0 aromatic carbocycles. The molecule has 2 aliphatic rings. The van der Waals surface area contributed by atoms with Crippen LogP contribution in [0.4, 0.5) is 4.79 Å². The van der Waals surface area contributed by atoms with Crippen molar-refractivity contribution in [3.63, 3.8) is 0 Å². The van der Waals surface area contributed by atoms with Crippen LogP contribution in [0, 0.1) is 0 Å². The van der Waals surface area contributed by atoms with Gasteiger partial charge in [-0.1, -0.05) is 6.92 Å². The lowest BCUT2D eigenvalue weighted by molar-refractivity contribution is -0.141. The number of aliphatic carboxylic acids is 1. The number of hydrogen-bond acceptors (Lipinski definition) is 3. The van der Waals surface area contributed by atoms with E-state index in [9.17, 15) is 9.59 Å². The summed E-state index contributed by atoms with van der Waals surface area (Å²) in [4.78, 5) is 27.0. The SMILES string of the molecule is CCC1COC(C)CN1C(=O)N1CCC[C@@H]1C(=O)O. The molecule has 1 N–H and O–H groups in total. The monoisotopic (exact) mass is 270 g/mol. The molecule has 0 saturated carbocycles. The first-order valence-electron chi connectivity index (χ1n) is 6.96. The van der Waals surface area contributed by atoms with Crippen molar-refractivity contribution in [3.05, 3.63) is 0 Å². The summed E-state index contributed by atoms with van der Waals surface area (Å²) in [6.07, 6.45) is 2.15. The molecule has 2 fully saturated rings. The third-order valence-corrected chi connectivity index (χ3v) is 3.97. The summed E-state index contributed by atoms with van der Waals surface area (Å²) in [6, 6.07) is -0.756. The normalized spacial score (nSPS) is 31.6. The summed E-state index contributed by atoms with van der Waals surface area (Å²) in [5.74, 6) is -0.903. The number of amides is 2. The molecule has 0 spiro atoms. The van der Waals surface area contributed by atoms with Crippen LogP contribution in [0.3, 0.4) is 0 Å². The number of hydrogen-bond donors (Lipinski definition) is 1. The van der Waals surface area contributed by atoms with E-state index in [-0.39, 0.29) is 18.2 Å². The average Bonchev–Trinajstić information content (AvgIpc) is 2.87. The Morgan fingerprint density at radius 3 is 2.74 bits per heavy atom. The van der Waals surface area contributed by atoms with Gasteiger partial charge < -0.3 is 19.6 Å². The van der Waals surface area contributed by atoms with Crippen LogP contribution in [0.5, 0.6) is 0 Å². The fourth-order valence-electron chi connectivity index (χ4n) is 2.83. The quantitative estimate of drug-likeness (QED) is 0.817. The lowest BCUT2D eigenvalue weighted by Gasteiger charge is -2.40. The van der Waals surface area contributed by atoms with Gasteiger partial charge in [-0.25, -0.2) is 9.59 Å². The van der Waals surface area contributed by atoms with E-state index in [0.29, 0.717) is 26.1 Å². The van der Waals surface area contributed by atoms with Crippen molar-refractivity contribution in [2.75, 3.05) is 19.7 Å². The van der Waals surface area contributed by atoms with E-state index < -0.39 is 12.0 Å². The molecule has 108 valence electrons. The van der Waals surface area contributed by atoms with Crippen LogP contribution >= 0.6 is 0 Å². The second-order valence-electron chi connectivity index (χ2n) is 5.33. The molecule has 6 heteroatoms. The van der Waals surface area contributed by atoms with Crippen molar-refractivity contribution in [2.24, 2.45) is 0 Å². The molecule has 0 radical (unpaired) electrons. The number of likely N-dealkylation sites (tertiary alicyclic amines) is 1. The first-order valence-corrected chi connectivity index (χ1v) is 6.96. The topological polar surface area (TPSA) is 70.1 Å². The van der Waals surface area contributed by atoms with Crippen molar-refractivity contribution in [1.29, 1.82) is 0 Å². The standard InChI is InChI=1S/C13H22N2O4/c1-3-10-8-19-9(2)7-15(10)13(18)14-6-4-5-11(14)12(16)17/h9-11H,3-8H2,1-2H3,(H,16,17)/t9?,10?,11-/m1/s1. The Bertz CT molecular complexity index is 361. The van der Waals surface area contributed by atoms with Crippen molar-refractivity contribution >= 4 is 12.0 Å². The lowest BCUT2D eigenvalue weighted by atomic mass is 10.1. The number of nitrogens with zero attached hydrogens (tertiary/aromatic N) is 2. The fraction of sp³-hybridized carbons (Fsp3) is 0.846. The molecule has 0 aromatic rings. The number of carboxylic acid groups (broad SMARTS) is 1. The summed E-state index contributed by atoms with van der Waals surface area (Å²) in [5, 5.41) is 9.17. The maximum absolute atomic E-state index is 12.6. The summed E-state index contributed by atoms with van der Waals surface area (Å²) < 4.78 is 5.57. The largest absolute Gasteiger partial charge is 0.480 e. The molecule has 0 aromatic heterocycles. The second kappa shape index (κ2) is 5.77. The number of carbonyl (C=O) groups is 2. The number of carbonyl (C=O) groups excluding carboxylic acids is 1. The first-order chi connectivity index (χ1) is 9.04. The van der Waals surface area contributed by atoms with E-state index in [2.05, 4.69) is 0 Å². The molecule has 2 heterocycles. The molecule has 3 atom stereocenters. The van der Waals surface area contributed by atoms with Crippen LogP contribution in [0.1, 0.15) is 33.1 Å². The Balaban J connectivity index is 2.10. The van der Waals surface area contributed by atoms with Crippen molar-refractivity contribution in [2.45, 2.75) is 51.3 Å². The predicted octanol–water partition coefficient (Wildman–Crippen LogP) is 1.15. The summed E-state index contributed by atoms with van der Waals surface area (Å²) in [5.41, 5.74) is 0. The Morgan fingerprint density at radius 2 is 2.11 bits per heavy atom. The van der Waals surface area contributed by atoms with Gasteiger partial charge in [0.15, 0.2) is 0 Å². The summed E-state index contributed by atoms with van der Waals surface area (Å²) >= 11 is 0. The predicted molar refractivity (Wildman–Crippen MR) is 69.0 cm³/mol. The highest BCUT2D eigenvalue weighted by Crippen LogP contribution is 2.23. The molecule has 2 unspecified atom stereocenters. The molecular weight excluding hydrogens is 248 g/mol. The molecule has 2 rings (SSSR count). The van der Waals surface area contributed by atoms with Crippen LogP contribution in [0.2, 0.25) is 0 Å². The van der Waals surface area contributed by atoms with E-state index in [1.165, 1.54) is 4.90 Å². The highest BCUT2D eigenvalue weighted by molar-refractivity contribution is 5.83. The van der Waals surface area contributed by atoms with Crippen LogP contribution in [0.25, 0.3) is 0 Å². The van der Waals surface area contributed by atoms with Gasteiger partial charge in [-0.05, 0) is 26.2 Å². The van der Waals surface area contributed by atoms with Gasteiger partial charge in [-0.2, -0.15) is 0 Å². The van der Waals surface area contributed by atoms with Gasteiger partial charge in [0.1, 0.15) is 6.04 Å². The minimum absolute atomic E-state index is 0.0117. The van der Waals surface area contributed by atoms with Crippen molar-refractivity contribution in [3.8, 4) is 0 Å². The third-order valence-electron chi connectivity index (χ3n) is 3.97. The molecule has 6 nitrogen and oxygen atoms in total. The first kappa shape index (κ1) is 14.1. The molecule has 19 heavy (non-hydrogen) atoms. The van der Waals surface area contributed by atoms with Gasteiger partial charge >= 0.3 is 12.0 Å². The van der Waals surface area contributed by atoms with Gasteiger partial charge in [0.2, 0.25) is 0 Å². The number of urea groups is 1. The summed E-state index contributed by atoms with van der Waals surface area (Å²) in [6.45, 7) is 5.57. The Labute approximate surface area is 113 Å². The third kappa shape index (κ3) is 2.83. The van der Waals surface area contributed by atoms with Crippen molar-refractivity contribution < 1.29 is 19.4 Å². The zero-order valence-electron chi connectivity index (χ0n) is 11.5. The molecule has 0 bridgehead atoms. The zero-order chi connectivity index (χ0) is 14.0. The lowest BCUT2D eigenvalue weighted by Crippen LogP contribution is -2.57. The Kier molecular flexibility index (Phi) is 4.29. The summed E-state index contributed by atoms with van der Waals surface area (Å²) in [7, 11) is 0. The van der Waals surface area contributed by atoms with Crippen LogP contribution in [0.15, 0.2) is 0 Å². The van der Waals surface area contributed by atoms with E-state index in [1.54, 1.807) is 4.90 Å². The van der Waals surface area contributed by atoms with Gasteiger partial charge in [-0.3, -0.25) is 0 Å². The molecule has 2 aliphatic heterocycles. The van der Waals surface area contributed by atoms with E-state index in [0.717, 1.165) is 12.8 Å². The van der Waals surface area contributed by atoms with Crippen LogP contribution in [-0.2, 0) is 9.53 Å². The van der Waals surface area contributed by atoms with E-state index in [1.807, 2.05) is 13.8 Å². The fourth-order valence-corrected chi connectivity index (χ4v) is 2.83. The molecule has 2 amide bonds. The highest BCUT2D eigenvalue weighted by atomic mass is 16.5. The van der Waals surface area contributed by atoms with E-state index in [4.69, 9.17) is 9.84 Å².